The quantitative estimate of drug-likeness (QED) is 0.339. The number of ether oxygens (including phenoxy) is 1. The molecular formula is C21H22N6O3. The van der Waals surface area contributed by atoms with Gasteiger partial charge in [0.2, 0.25) is 18.2 Å². The van der Waals surface area contributed by atoms with Crippen LogP contribution >= 0.6 is 0 Å². The fourth-order valence-electron chi connectivity index (χ4n) is 2.64. The SMILES string of the molecule is COc1ccc(N(C=O)/N=C(/C)C(C)C(=O)Nc2cccc(-c3ncc[nH]3)c2)cn1. The zero-order valence-corrected chi connectivity index (χ0v) is 16.9. The topological polar surface area (TPSA) is 113 Å². The minimum absolute atomic E-state index is 0.244. The van der Waals surface area contributed by atoms with Gasteiger partial charge >= 0.3 is 0 Å². The zero-order chi connectivity index (χ0) is 21.5. The number of aromatic nitrogens is 3. The molecule has 2 aromatic heterocycles. The fourth-order valence-corrected chi connectivity index (χ4v) is 2.64. The number of aromatic amines is 1. The first-order valence-electron chi connectivity index (χ1n) is 9.22. The molecule has 0 fully saturated rings. The smallest absolute Gasteiger partial charge is 0.234 e. The molecule has 30 heavy (non-hydrogen) atoms. The Labute approximate surface area is 173 Å². The van der Waals surface area contributed by atoms with Crippen molar-refractivity contribution in [3.8, 4) is 17.3 Å². The monoisotopic (exact) mass is 406 g/mol. The summed E-state index contributed by atoms with van der Waals surface area (Å²) in [5, 5.41) is 8.27. The van der Waals surface area contributed by atoms with E-state index in [1.54, 1.807) is 44.4 Å². The third kappa shape index (κ3) is 4.88. The van der Waals surface area contributed by atoms with Gasteiger partial charge in [0.05, 0.1) is 24.9 Å². The first-order chi connectivity index (χ1) is 14.5. The van der Waals surface area contributed by atoms with Crippen LogP contribution in [0, 0.1) is 5.92 Å². The van der Waals surface area contributed by atoms with Gasteiger partial charge in [-0.2, -0.15) is 5.10 Å². The van der Waals surface area contributed by atoms with Crippen LogP contribution in [0.1, 0.15) is 13.8 Å². The summed E-state index contributed by atoms with van der Waals surface area (Å²) in [5.41, 5.74) is 2.43. The van der Waals surface area contributed by atoms with Crippen LogP contribution in [-0.4, -0.2) is 40.1 Å². The second-order valence-electron chi connectivity index (χ2n) is 6.48. The van der Waals surface area contributed by atoms with Crippen LogP contribution in [0.25, 0.3) is 11.4 Å². The normalized spacial score (nSPS) is 12.2. The van der Waals surface area contributed by atoms with E-state index in [1.807, 2.05) is 18.2 Å². The summed E-state index contributed by atoms with van der Waals surface area (Å²) in [6.45, 7) is 3.41. The molecule has 0 saturated carbocycles. The third-order valence-corrected chi connectivity index (χ3v) is 4.48. The fraction of sp³-hybridized carbons (Fsp3) is 0.190. The minimum Gasteiger partial charge on any atom is -0.481 e. The van der Waals surface area contributed by atoms with Crippen LogP contribution in [0.4, 0.5) is 11.4 Å². The lowest BCUT2D eigenvalue weighted by Gasteiger charge is -2.16. The molecule has 0 saturated heterocycles. The molecule has 9 heteroatoms. The number of hydrazone groups is 1. The highest BCUT2D eigenvalue weighted by atomic mass is 16.5. The molecule has 0 radical (unpaired) electrons. The number of nitrogens with one attached hydrogen (secondary N) is 2. The number of rotatable bonds is 8. The first kappa shape index (κ1) is 20.7. The van der Waals surface area contributed by atoms with E-state index >= 15 is 0 Å². The molecule has 0 bridgehead atoms. The van der Waals surface area contributed by atoms with Crippen LogP contribution in [0.5, 0.6) is 5.88 Å². The van der Waals surface area contributed by atoms with Gasteiger partial charge in [0.15, 0.2) is 0 Å². The van der Waals surface area contributed by atoms with Crippen molar-refractivity contribution >= 4 is 29.4 Å². The second-order valence-corrected chi connectivity index (χ2v) is 6.48. The molecule has 1 aromatic carbocycles. The number of hydrogen-bond acceptors (Lipinski definition) is 6. The Morgan fingerprint density at radius 1 is 1.30 bits per heavy atom. The molecule has 2 heterocycles. The van der Waals surface area contributed by atoms with E-state index < -0.39 is 5.92 Å². The molecule has 1 unspecified atom stereocenters. The lowest BCUT2D eigenvalue weighted by atomic mass is 10.1. The Bertz CT molecular complexity index is 1030. The molecule has 2 amide bonds. The van der Waals surface area contributed by atoms with E-state index in [0.717, 1.165) is 10.6 Å². The summed E-state index contributed by atoms with van der Waals surface area (Å²) in [6, 6.07) is 10.6. The van der Waals surface area contributed by atoms with E-state index in [-0.39, 0.29) is 5.91 Å². The Morgan fingerprint density at radius 2 is 2.13 bits per heavy atom. The Hall–Kier alpha value is -4.01. The van der Waals surface area contributed by atoms with Crippen LogP contribution in [-0.2, 0) is 9.59 Å². The van der Waals surface area contributed by atoms with E-state index in [1.165, 1.54) is 13.3 Å². The minimum atomic E-state index is -0.564. The van der Waals surface area contributed by atoms with E-state index in [9.17, 15) is 9.59 Å². The summed E-state index contributed by atoms with van der Waals surface area (Å²) in [4.78, 5) is 35.5. The molecule has 2 N–H and O–H groups in total. The third-order valence-electron chi connectivity index (χ3n) is 4.48. The van der Waals surface area contributed by atoms with Crippen LogP contribution < -0.4 is 15.1 Å². The van der Waals surface area contributed by atoms with Crippen LogP contribution in [0.2, 0.25) is 0 Å². The molecular weight excluding hydrogens is 384 g/mol. The largest absolute Gasteiger partial charge is 0.481 e. The average molecular weight is 406 g/mol. The number of methoxy groups -OCH3 is 1. The van der Waals surface area contributed by atoms with Crippen molar-refractivity contribution in [2.45, 2.75) is 13.8 Å². The highest BCUT2D eigenvalue weighted by Crippen LogP contribution is 2.20. The predicted molar refractivity (Wildman–Crippen MR) is 114 cm³/mol. The summed E-state index contributed by atoms with van der Waals surface area (Å²) in [6.07, 6.45) is 5.43. The Kier molecular flexibility index (Phi) is 6.53. The Balaban J connectivity index is 1.71. The standard InChI is InChI=1S/C21H22N6O3/c1-14(15(2)26-27(13-28)18-7-8-19(30-3)24-12-18)21(29)25-17-6-4-5-16(11-17)20-22-9-10-23-20/h4-14H,1-3H3,(H,22,23)(H,25,29)/b26-15-. The first-order valence-corrected chi connectivity index (χ1v) is 9.22. The summed E-state index contributed by atoms with van der Waals surface area (Å²) in [7, 11) is 1.51. The van der Waals surface area contributed by atoms with Gasteiger partial charge in [0, 0.05) is 35.4 Å². The molecule has 1 atom stereocenters. The van der Waals surface area contributed by atoms with Gasteiger partial charge in [-0.15, -0.1) is 0 Å². The summed E-state index contributed by atoms with van der Waals surface area (Å²) < 4.78 is 5.01. The lowest BCUT2D eigenvalue weighted by molar-refractivity contribution is -0.117. The number of pyridine rings is 1. The van der Waals surface area contributed by atoms with Gasteiger partial charge < -0.3 is 15.0 Å². The Morgan fingerprint density at radius 3 is 2.77 bits per heavy atom. The molecule has 3 rings (SSSR count). The van der Waals surface area contributed by atoms with Crippen molar-refractivity contribution in [1.82, 2.24) is 15.0 Å². The summed E-state index contributed by atoms with van der Waals surface area (Å²) in [5.74, 6) is 0.332. The van der Waals surface area contributed by atoms with E-state index in [0.29, 0.717) is 35.2 Å². The maximum atomic E-state index is 12.7. The summed E-state index contributed by atoms with van der Waals surface area (Å²) >= 11 is 0. The number of amides is 2. The number of imidazole rings is 1. The number of carbonyl (C=O) groups is 2. The van der Waals surface area contributed by atoms with Gasteiger partial charge in [-0.3, -0.25) is 9.59 Å². The highest BCUT2D eigenvalue weighted by Gasteiger charge is 2.18. The highest BCUT2D eigenvalue weighted by molar-refractivity contribution is 6.08. The van der Waals surface area contributed by atoms with Gasteiger partial charge in [-0.25, -0.2) is 15.0 Å². The van der Waals surface area contributed by atoms with Crippen molar-refractivity contribution in [1.29, 1.82) is 0 Å². The number of nitrogens with zero attached hydrogens (tertiary/aromatic N) is 4. The maximum Gasteiger partial charge on any atom is 0.234 e. The van der Waals surface area contributed by atoms with Crippen LogP contribution in [0.3, 0.4) is 0 Å². The average Bonchev–Trinajstić information content (AvgIpc) is 3.32. The molecule has 0 aliphatic heterocycles. The van der Waals surface area contributed by atoms with Gasteiger partial charge in [0.25, 0.3) is 0 Å². The lowest BCUT2D eigenvalue weighted by Crippen LogP contribution is -2.28. The number of hydrogen-bond donors (Lipinski definition) is 2. The van der Waals surface area contributed by atoms with Crippen molar-refractivity contribution in [3.63, 3.8) is 0 Å². The van der Waals surface area contributed by atoms with E-state index in [4.69, 9.17) is 4.74 Å². The molecule has 0 spiro atoms. The molecule has 0 aliphatic carbocycles. The van der Waals surface area contributed by atoms with Crippen molar-refractivity contribution in [2.75, 3.05) is 17.4 Å². The number of H-pyrrole nitrogens is 1. The second kappa shape index (κ2) is 9.46. The maximum absolute atomic E-state index is 12.7. The van der Waals surface area contributed by atoms with Crippen LogP contribution in [0.15, 0.2) is 60.1 Å². The number of carbonyl (C=O) groups excluding carboxylic acids is 2. The van der Waals surface area contributed by atoms with Gasteiger partial charge in [-0.05, 0) is 32.0 Å². The molecule has 9 nitrogen and oxygen atoms in total. The zero-order valence-electron chi connectivity index (χ0n) is 16.9. The van der Waals surface area contributed by atoms with E-state index in [2.05, 4.69) is 25.4 Å². The molecule has 3 aromatic rings. The molecule has 154 valence electrons. The number of benzene rings is 1. The van der Waals surface area contributed by atoms with Gasteiger partial charge in [0.1, 0.15) is 5.82 Å². The molecule has 0 aliphatic rings. The number of anilines is 2. The predicted octanol–water partition coefficient (Wildman–Crippen LogP) is 3.09. The van der Waals surface area contributed by atoms with Crippen molar-refractivity contribution in [3.05, 3.63) is 55.0 Å². The van der Waals surface area contributed by atoms with Gasteiger partial charge in [-0.1, -0.05) is 12.1 Å². The van der Waals surface area contributed by atoms with Crippen molar-refractivity contribution < 1.29 is 14.3 Å². The van der Waals surface area contributed by atoms with Crippen molar-refractivity contribution in [2.24, 2.45) is 11.0 Å².